The van der Waals surface area contributed by atoms with Gasteiger partial charge in [-0.05, 0) is 6.07 Å². The Bertz CT molecular complexity index is 528. The zero-order chi connectivity index (χ0) is 17.0. The number of guanidine groups is 1. The summed E-state index contributed by atoms with van der Waals surface area (Å²) in [7, 11) is 1.75. The Morgan fingerprint density at radius 1 is 1.33 bits per heavy atom. The van der Waals surface area contributed by atoms with Crippen LogP contribution < -0.4 is 15.4 Å². The second-order valence-electron chi connectivity index (χ2n) is 5.51. The summed E-state index contributed by atoms with van der Waals surface area (Å²) in [6.45, 7) is 10.2. The van der Waals surface area contributed by atoms with Gasteiger partial charge in [0.05, 0.1) is 13.2 Å². The van der Waals surface area contributed by atoms with E-state index in [1.54, 1.807) is 13.1 Å². The van der Waals surface area contributed by atoms with Crippen LogP contribution >= 0.6 is 0 Å². The van der Waals surface area contributed by atoms with Crippen LogP contribution in [0.4, 0.5) is 0 Å². The van der Waals surface area contributed by atoms with Crippen LogP contribution in [0.2, 0.25) is 0 Å². The summed E-state index contributed by atoms with van der Waals surface area (Å²) in [5.74, 6) is 1.66. The molecule has 1 aromatic carbocycles. The number of nitrogens with zero attached hydrogens (tertiary/aromatic N) is 2. The minimum absolute atomic E-state index is 0.657. The van der Waals surface area contributed by atoms with Gasteiger partial charge in [-0.3, -0.25) is 9.89 Å². The number of hydrogen-bond acceptors (Lipinski definition) is 4. The molecule has 0 amide bonds. The lowest BCUT2D eigenvalue weighted by Gasteiger charge is -2.26. The molecule has 2 rings (SSSR count). The largest absolute Gasteiger partial charge is 0.492 e. The van der Waals surface area contributed by atoms with Crippen LogP contribution in [0, 0.1) is 0 Å². The van der Waals surface area contributed by atoms with Crippen molar-refractivity contribution in [1.29, 1.82) is 0 Å². The van der Waals surface area contributed by atoms with E-state index in [0.29, 0.717) is 19.7 Å². The molecule has 24 heavy (non-hydrogen) atoms. The average Bonchev–Trinajstić information content (AvgIpc) is 2.64. The molecule has 132 valence electrons. The molecular formula is C18H28N4O2. The number of benzene rings is 1. The molecular weight excluding hydrogens is 304 g/mol. The van der Waals surface area contributed by atoms with Gasteiger partial charge >= 0.3 is 0 Å². The molecule has 0 aromatic heterocycles. The van der Waals surface area contributed by atoms with Gasteiger partial charge in [-0.25, -0.2) is 0 Å². The topological polar surface area (TPSA) is 58.1 Å². The first-order valence-corrected chi connectivity index (χ1v) is 8.39. The monoisotopic (exact) mass is 332 g/mol. The number of morpholine rings is 1. The van der Waals surface area contributed by atoms with E-state index in [2.05, 4.69) is 33.2 Å². The molecule has 0 bridgehead atoms. The maximum Gasteiger partial charge on any atom is 0.191 e. The predicted octanol–water partition coefficient (Wildman–Crippen LogP) is 1.25. The molecule has 0 spiro atoms. The molecule has 6 heteroatoms. The van der Waals surface area contributed by atoms with Gasteiger partial charge in [-0.2, -0.15) is 0 Å². The SMILES string of the molecule is C=CCNC(=NC)NCc1ccccc1OCCN1CCOCC1. The second kappa shape index (κ2) is 10.7. The van der Waals surface area contributed by atoms with Crippen LogP contribution in [0.25, 0.3) is 0 Å². The highest BCUT2D eigenvalue weighted by Gasteiger charge is 2.10. The Labute approximate surface area is 144 Å². The van der Waals surface area contributed by atoms with Crippen molar-refractivity contribution in [2.24, 2.45) is 4.99 Å². The highest BCUT2D eigenvalue weighted by molar-refractivity contribution is 5.79. The van der Waals surface area contributed by atoms with E-state index in [4.69, 9.17) is 9.47 Å². The lowest BCUT2D eigenvalue weighted by Crippen LogP contribution is -2.38. The van der Waals surface area contributed by atoms with E-state index in [1.165, 1.54) is 0 Å². The maximum absolute atomic E-state index is 5.99. The molecule has 0 atom stereocenters. The first-order chi connectivity index (χ1) is 11.8. The third-order valence-electron chi connectivity index (χ3n) is 3.83. The van der Waals surface area contributed by atoms with Gasteiger partial charge in [-0.1, -0.05) is 24.3 Å². The summed E-state index contributed by atoms with van der Waals surface area (Å²) in [6, 6.07) is 8.10. The number of para-hydroxylation sites is 1. The van der Waals surface area contributed by atoms with Gasteiger partial charge in [0.15, 0.2) is 5.96 Å². The number of ether oxygens (including phenoxy) is 2. The minimum Gasteiger partial charge on any atom is -0.492 e. The average molecular weight is 332 g/mol. The van der Waals surface area contributed by atoms with Crippen molar-refractivity contribution in [1.82, 2.24) is 15.5 Å². The molecule has 1 aliphatic rings. The molecule has 1 fully saturated rings. The molecule has 0 aliphatic carbocycles. The Kier molecular flexibility index (Phi) is 8.13. The van der Waals surface area contributed by atoms with E-state index in [1.807, 2.05) is 18.2 Å². The minimum atomic E-state index is 0.657. The fraction of sp³-hybridized carbons (Fsp3) is 0.500. The molecule has 1 aromatic rings. The second-order valence-corrected chi connectivity index (χ2v) is 5.51. The van der Waals surface area contributed by atoms with Gasteiger partial charge in [0.1, 0.15) is 12.4 Å². The number of rotatable bonds is 8. The normalized spacial score (nSPS) is 15.8. The van der Waals surface area contributed by atoms with E-state index in [9.17, 15) is 0 Å². The number of hydrogen-bond donors (Lipinski definition) is 2. The van der Waals surface area contributed by atoms with Crippen LogP contribution in [-0.4, -0.2) is 63.9 Å². The third-order valence-corrected chi connectivity index (χ3v) is 3.83. The highest BCUT2D eigenvalue weighted by Crippen LogP contribution is 2.17. The summed E-state index contributed by atoms with van der Waals surface area (Å²) in [6.07, 6.45) is 1.80. The summed E-state index contributed by atoms with van der Waals surface area (Å²) in [4.78, 5) is 6.55. The van der Waals surface area contributed by atoms with Crippen molar-refractivity contribution in [3.63, 3.8) is 0 Å². The van der Waals surface area contributed by atoms with Crippen LogP contribution in [0.15, 0.2) is 41.9 Å². The molecule has 1 heterocycles. The van der Waals surface area contributed by atoms with Crippen LogP contribution in [0.5, 0.6) is 5.75 Å². The first kappa shape index (κ1) is 18.3. The molecule has 0 radical (unpaired) electrons. The van der Waals surface area contributed by atoms with Gasteiger partial charge in [0, 0.05) is 45.3 Å². The van der Waals surface area contributed by atoms with E-state index in [0.717, 1.165) is 50.1 Å². The third kappa shape index (κ3) is 6.22. The van der Waals surface area contributed by atoms with Crippen molar-refractivity contribution < 1.29 is 9.47 Å². The molecule has 1 saturated heterocycles. The van der Waals surface area contributed by atoms with Crippen LogP contribution in [0.3, 0.4) is 0 Å². The summed E-state index contributed by atoms with van der Waals surface area (Å²) in [5.41, 5.74) is 1.11. The number of aliphatic imine (C=N–C) groups is 1. The Hall–Kier alpha value is -2.05. The maximum atomic E-state index is 5.99. The standard InChI is InChI=1S/C18H28N4O2/c1-3-8-20-18(19-2)21-15-16-6-4-5-7-17(16)24-14-11-22-9-12-23-13-10-22/h3-7H,1,8-15H2,2H3,(H2,19,20,21). The van der Waals surface area contributed by atoms with Crippen molar-refractivity contribution in [3.05, 3.63) is 42.5 Å². The van der Waals surface area contributed by atoms with E-state index < -0.39 is 0 Å². The molecule has 0 saturated carbocycles. The smallest absolute Gasteiger partial charge is 0.191 e. The molecule has 2 N–H and O–H groups in total. The number of nitrogens with one attached hydrogen (secondary N) is 2. The summed E-state index contributed by atoms with van der Waals surface area (Å²) in [5, 5.41) is 6.44. The first-order valence-electron chi connectivity index (χ1n) is 8.39. The quantitative estimate of drug-likeness (QED) is 0.426. The fourth-order valence-corrected chi connectivity index (χ4v) is 2.47. The van der Waals surface area contributed by atoms with E-state index in [-0.39, 0.29) is 0 Å². The van der Waals surface area contributed by atoms with Crippen molar-refractivity contribution >= 4 is 5.96 Å². The summed E-state index contributed by atoms with van der Waals surface area (Å²) < 4.78 is 11.4. The molecule has 1 aliphatic heterocycles. The Morgan fingerprint density at radius 3 is 2.88 bits per heavy atom. The van der Waals surface area contributed by atoms with Crippen molar-refractivity contribution in [2.75, 3.05) is 53.0 Å². The Balaban J connectivity index is 1.81. The van der Waals surface area contributed by atoms with E-state index >= 15 is 0 Å². The lowest BCUT2D eigenvalue weighted by molar-refractivity contribution is 0.0322. The lowest BCUT2D eigenvalue weighted by atomic mass is 10.2. The van der Waals surface area contributed by atoms with Crippen molar-refractivity contribution in [3.8, 4) is 5.75 Å². The van der Waals surface area contributed by atoms with Gasteiger partial charge in [0.25, 0.3) is 0 Å². The fourth-order valence-electron chi connectivity index (χ4n) is 2.47. The zero-order valence-corrected chi connectivity index (χ0v) is 14.5. The Morgan fingerprint density at radius 2 is 2.12 bits per heavy atom. The zero-order valence-electron chi connectivity index (χ0n) is 14.5. The molecule has 6 nitrogen and oxygen atoms in total. The van der Waals surface area contributed by atoms with Gasteiger partial charge in [0.2, 0.25) is 0 Å². The van der Waals surface area contributed by atoms with Crippen LogP contribution in [-0.2, 0) is 11.3 Å². The molecule has 0 unspecified atom stereocenters. The van der Waals surface area contributed by atoms with Gasteiger partial charge < -0.3 is 20.1 Å². The van der Waals surface area contributed by atoms with Crippen LogP contribution in [0.1, 0.15) is 5.56 Å². The summed E-state index contributed by atoms with van der Waals surface area (Å²) >= 11 is 0. The van der Waals surface area contributed by atoms with Gasteiger partial charge in [-0.15, -0.1) is 6.58 Å². The predicted molar refractivity (Wildman–Crippen MR) is 97.6 cm³/mol. The van der Waals surface area contributed by atoms with Crippen molar-refractivity contribution in [2.45, 2.75) is 6.54 Å². The highest BCUT2D eigenvalue weighted by atomic mass is 16.5.